The zero-order chi connectivity index (χ0) is 15.1. The molecule has 0 spiro atoms. The normalized spacial score (nSPS) is 9.40. The van der Waals surface area contributed by atoms with E-state index in [4.69, 9.17) is 14.7 Å². The standard InChI is InChI=1S/C13H12N2O5/c1-9(7-19-10(2)16)8-20-13-5-3-4-12(15(17)18)11(13)6-14/h3-5H,1,7-8H2,2H3. The Labute approximate surface area is 115 Å². The van der Waals surface area contributed by atoms with E-state index < -0.39 is 10.9 Å². The molecule has 1 aromatic rings. The van der Waals surface area contributed by atoms with Crippen molar-refractivity contribution >= 4 is 11.7 Å². The van der Waals surface area contributed by atoms with Crippen molar-refractivity contribution in [1.29, 1.82) is 5.26 Å². The Morgan fingerprint density at radius 2 is 2.20 bits per heavy atom. The molecule has 0 bridgehead atoms. The highest BCUT2D eigenvalue weighted by atomic mass is 16.6. The van der Waals surface area contributed by atoms with Crippen LogP contribution in [0.4, 0.5) is 5.69 Å². The van der Waals surface area contributed by atoms with E-state index in [9.17, 15) is 14.9 Å². The maximum absolute atomic E-state index is 10.8. The Bertz CT molecular complexity index is 589. The molecule has 0 saturated carbocycles. The Hall–Kier alpha value is -2.88. The quantitative estimate of drug-likeness (QED) is 0.340. The van der Waals surface area contributed by atoms with Gasteiger partial charge in [-0.2, -0.15) is 5.26 Å². The summed E-state index contributed by atoms with van der Waals surface area (Å²) in [6.07, 6.45) is 0. The summed E-state index contributed by atoms with van der Waals surface area (Å²) in [5, 5.41) is 19.7. The highest BCUT2D eigenvalue weighted by Crippen LogP contribution is 2.27. The number of hydrogen-bond donors (Lipinski definition) is 0. The van der Waals surface area contributed by atoms with Gasteiger partial charge in [-0.1, -0.05) is 12.6 Å². The highest BCUT2D eigenvalue weighted by Gasteiger charge is 2.18. The number of rotatable bonds is 6. The van der Waals surface area contributed by atoms with Crippen molar-refractivity contribution in [2.75, 3.05) is 13.2 Å². The first-order valence-corrected chi connectivity index (χ1v) is 5.56. The highest BCUT2D eigenvalue weighted by molar-refractivity contribution is 5.66. The second-order valence-corrected chi connectivity index (χ2v) is 3.84. The molecule has 7 nitrogen and oxygen atoms in total. The minimum Gasteiger partial charge on any atom is -0.487 e. The van der Waals surface area contributed by atoms with Crippen LogP contribution in [0, 0.1) is 21.4 Å². The van der Waals surface area contributed by atoms with Gasteiger partial charge in [0.1, 0.15) is 25.0 Å². The van der Waals surface area contributed by atoms with Gasteiger partial charge in [0.25, 0.3) is 5.69 Å². The Balaban J connectivity index is 2.76. The number of nitro benzene ring substituents is 1. The number of esters is 1. The molecule has 0 aliphatic carbocycles. The van der Waals surface area contributed by atoms with Gasteiger partial charge in [-0.3, -0.25) is 14.9 Å². The lowest BCUT2D eigenvalue weighted by Crippen LogP contribution is -2.09. The predicted molar refractivity (Wildman–Crippen MR) is 69.1 cm³/mol. The predicted octanol–water partition coefficient (Wildman–Crippen LogP) is 1.96. The molecule has 0 heterocycles. The van der Waals surface area contributed by atoms with Crippen LogP contribution in [0.15, 0.2) is 30.4 Å². The van der Waals surface area contributed by atoms with Crippen LogP contribution in [-0.2, 0) is 9.53 Å². The molecule has 0 aromatic heterocycles. The van der Waals surface area contributed by atoms with Gasteiger partial charge < -0.3 is 9.47 Å². The second-order valence-electron chi connectivity index (χ2n) is 3.84. The van der Waals surface area contributed by atoms with E-state index in [0.717, 1.165) is 0 Å². The number of nitro groups is 1. The SMILES string of the molecule is C=C(COC(C)=O)COc1cccc([N+](=O)[O-])c1C#N. The van der Waals surface area contributed by atoms with E-state index in [2.05, 4.69) is 6.58 Å². The van der Waals surface area contributed by atoms with Gasteiger partial charge in [0.05, 0.1) is 4.92 Å². The number of benzene rings is 1. The molecule has 0 saturated heterocycles. The molecule has 20 heavy (non-hydrogen) atoms. The average Bonchev–Trinajstić information content (AvgIpc) is 2.42. The van der Waals surface area contributed by atoms with Crippen molar-refractivity contribution in [1.82, 2.24) is 0 Å². The average molecular weight is 276 g/mol. The molecule has 0 unspecified atom stereocenters. The summed E-state index contributed by atoms with van der Waals surface area (Å²) in [6, 6.07) is 5.83. The van der Waals surface area contributed by atoms with Gasteiger partial charge >= 0.3 is 5.97 Å². The lowest BCUT2D eigenvalue weighted by Gasteiger charge is -2.09. The molecule has 104 valence electrons. The fourth-order valence-electron chi connectivity index (χ4n) is 1.33. The van der Waals surface area contributed by atoms with Crippen LogP contribution >= 0.6 is 0 Å². The lowest BCUT2D eigenvalue weighted by atomic mass is 10.2. The first-order valence-electron chi connectivity index (χ1n) is 5.56. The van der Waals surface area contributed by atoms with Crippen LogP contribution in [0.1, 0.15) is 12.5 Å². The molecule has 0 amide bonds. The van der Waals surface area contributed by atoms with Crippen LogP contribution < -0.4 is 4.74 Å². The molecular formula is C13H12N2O5. The number of nitrogens with zero attached hydrogens (tertiary/aromatic N) is 2. The van der Waals surface area contributed by atoms with E-state index >= 15 is 0 Å². The van der Waals surface area contributed by atoms with Gasteiger partial charge in [0, 0.05) is 13.0 Å². The zero-order valence-corrected chi connectivity index (χ0v) is 10.8. The summed E-state index contributed by atoms with van der Waals surface area (Å²) in [7, 11) is 0. The molecular weight excluding hydrogens is 264 g/mol. The van der Waals surface area contributed by atoms with Crippen LogP contribution in [0.2, 0.25) is 0 Å². The summed E-state index contributed by atoms with van der Waals surface area (Å²) < 4.78 is 10.0. The lowest BCUT2D eigenvalue weighted by molar-refractivity contribution is -0.385. The number of ether oxygens (including phenoxy) is 2. The molecule has 0 N–H and O–H groups in total. The molecule has 1 aromatic carbocycles. The van der Waals surface area contributed by atoms with Crippen molar-refractivity contribution < 1.29 is 19.2 Å². The van der Waals surface area contributed by atoms with E-state index in [1.165, 1.54) is 25.1 Å². The second kappa shape index (κ2) is 6.89. The van der Waals surface area contributed by atoms with Crippen LogP contribution in [-0.4, -0.2) is 24.1 Å². The third-order valence-electron chi connectivity index (χ3n) is 2.22. The summed E-state index contributed by atoms with van der Waals surface area (Å²) in [6.45, 7) is 4.88. The number of carbonyl (C=O) groups is 1. The summed E-state index contributed by atoms with van der Waals surface area (Å²) >= 11 is 0. The van der Waals surface area contributed by atoms with Gasteiger partial charge in [0.2, 0.25) is 0 Å². The molecule has 0 fully saturated rings. The molecule has 0 atom stereocenters. The molecule has 1 rings (SSSR count). The van der Waals surface area contributed by atoms with Gasteiger partial charge in [-0.25, -0.2) is 0 Å². The minimum atomic E-state index is -0.654. The smallest absolute Gasteiger partial charge is 0.302 e. The van der Waals surface area contributed by atoms with Crippen LogP contribution in [0.3, 0.4) is 0 Å². The third-order valence-corrected chi connectivity index (χ3v) is 2.22. The summed E-state index contributed by atoms with van der Waals surface area (Å²) in [4.78, 5) is 20.7. The Kier molecular flexibility index (Phi) is 5.23. The Morgan fingerprint density at radius 3 is 2.75 bits per heavy atom. The summed E-state index contributed by atoms with van der Waals surface area (Å²) in [5.74, 6) is -0.357. The molecule has 0 radical (unpaired) electrons. The topological polar surface area (TPSA) is 102 Å². The van der Waals surface area contributed by atoms with Crippen molar-refractivity contribution in [3.63, 3.8) is 0 Å². The number of nitriles is 1. The molecule has 0 aliphatic heterocycles. The minimum absolute atomic E-state index is 0.00779. The van der Waals surface area contributed by atoms with Crippen molar-refractivity contribution in [3.05, 3.63) is 46.0 Å². The van der Waals surface area contributed by atoms with E-state index in [0.29, 0.717) is 5.57 Å². The van der Waals surface area contributed by atoms with Gasteiger partial charge in [-0.05, 0) is 11.6 Å². The van der Waals surface area contributed by atoms with Gasteiger partial charge in [0.15, 0.2) is 5.56 Å². The molecule has 0 aliphatic rings. The summed E-state index contributed by atoms with van der Waals surface area (Å²) in [5.41, 5.74) is -0.0102. The van der Waals surface area contributed by atoms with Crippen molar-refractivity contribution in [2.45, 2.75) is 6.92 Å². The first kappa shape index (κ1) is 15.2. The number of hydrogen-bond acceptors (Lipinski definition) is 6. The van der Waals surface area contributed by atoms with E-state index in [1.807, 2.05) is 0 Å². The largest absolute Gasteiger partial charge is 0.487 e. The van der Waals surface area contributed by atoms with Crippen LogP contribution in [0.25, 0.3) is 0 Å². The fourth-order valence-corrected chi connectivity index (χ4v) is 1.33. The fraction of sp³-hybridized carbons (Fsp3) is 0.231. The van der Waals surface area contributed by atoms with Crippen molar-refractivity contribution in [3.8, 4) is 11.8 Å². The van der Waals surface area contributed by atoms with Gasteiger partial charge in [-0.15, -0.1) is 0 Å². The first-order chi connectivity index (χ1) is 9.45. The van der Waals surface area contributed by atoms with Crippen molar-refractivity contribution in [2.24, 2.45) is 0 Å². The maximum Gasteiger partial charge on any atom is 0.302 e. The maximum atomic E-state index is 10.8. The Morgan fingerprint density at radius 1 is 1.50 bits per heavy atom. The van der Waals surface area contributed by atoms with Crippen LogP contribution in [0.5, 0.6) is 5.75 Å². The van der Waals surface area contributed by atoms with E-state index in [1.54, 1.807) is 6.07 Å². The van der Waals surface area contributed by atoms with E-state index in [-0.39, 0.29) is 30.2 Å². The monoisotopic (exact) mass is 276 g/mol. The number of carbonyl (C=O) groups excluding carboxylic acids is 1. The molecule has 7 heteroatoms. The zero-order valence-electron chi connectivity index (χ0n) is 10.8. The third kappa shape index (κ3) is 4.10.